The van der Waals surface area contributed by atoms with E-state index in [0.717, 1.165) is 21.3 Å². The summed E-state index contributed by atoms with van der Waals surface area (Å²) in [6.45, 7) is 0. The summed E-state index contributed by atoms with van der Waals surface area (Å²) >= 11 is 18.2. The van der Waals surface area contributed by atoms with Crippen molar-refractivity contribution in [1.29, 1.82) is 0 Å². The molecule has 5 rings (SSSR count). The van der Waals surface area contributed by atoms with Crippen LogP contribution in [-0.2, 0) is 5.75 Å². The predicted molar refractivity (Wildman–Crippen MR) is 144 cm³/mol. The van der Waals surface area contributed by atoms with Crippen molar-refractivity contribution in [1.82, 2.24) is 15.2 Å². The molecule has 0 fully saturated rings. The van der Waals surface area contributed by atoms with Crippen LogP contribution in [-0.4, -0.2) is 20.3 Å². The van der Waals surface area contributed by atoms with E-state index < -0.39 is 6.23 Å². The molecular formula is C23H14Br3ClN4O2S. The van der Waals surface area contributed by atoms with Crippen molar-refractivity contribution < 1.29 is 9.84 Å². The Hall–Kier alpha value is -1.85. The number of phenols is 1. The van der Waals surface area contributed by atoms with E-state index in [1.54, 1.807) is 6.07 Å². The second-order valence-electron chi connectivity index (χ2n) is 7.23. The molecule has 2 heterocycles. The molecule has 0 amide bonds. The van der Waals surface area contributed by atoms with E-state index in [0.29, 0.717) is 42.0 Å². The lowest BCUT2D eigenvalue weighted by molar-refractivity contribution is 0.223. The molecular weight excluding hydrogens is 672 g/mol. The summed E-state index contributed by atoms with van der Waals surface area (Å²) in [6.07, 6.45) is -0.678. The molecule has 0 bridgehead atoms. The third-order valence-electron chi connectivity index (χ3n) is 5.09. The lowest BCUT2D eigenvalue weighted by Crippen LogP contribution is -2.18. The standard InChI is InChI=1S/C23H14Br3ClN4O2S/c24-13-9-14(25)20(32)18(26)17(13)21-28-16-8-4-2-6-12(16)19-22(33-21)29-23(31-30-19)34-10-11-5-1-3-7-15(11)27/h1-9,21,28,32H,10H2. The number of fused-ring (bicyclic) bond motifs is 3. The van der Waals surface area contributed by atoms with Gasteiger partial charge in [-0.05, 0) is 55.6 Å². The van der Waals surface area contributed by atoms with Gasteiger partial charge in [-0.1, -0.05) is 75.7 Å². The molecule has 1 aliphatic heterocycles. The second-order valence-corrected chi connectivity index (χ2v) is 11.1. The fraction of sp³-hybridized carbons (Fsp3) is 0.0870. The number of anilines is 1. The molecule has 0 saturated heterocycles. The Balaban J connectivity index is 1.55. The molecule has 2 N–H and O–H groups in total. The number of ether oxygens (including phenoxy) is 1. The number of halogens is 4. The Bertz CT molecular complexity index is 1410. The van der Waals surface area contributed by atoms with Gasteiger partial charge in [-0.15, -0.1) is 10.2 Å². The number of aromatic hydroxyl groups is 1. The first kappa shape index (κ1) is 23.9. The van der Waals surface area contributed by atoms with Gasteiger partial charge in [0.05, 0.1) is 8.95 Å². The fourth-order valence-electron chi connectivity index (χ4n) is 3.43. The second kappa shape index (κ2) is 10.0. The van der Waals surface area contributed by atoms with E-state index in [4.69, 9.17) is 16.3 Å². The third-order valence-corrected chi connectivity index (χ3v) is 8.41. The number of nitrogens with one attached hydrogen (secondary N) is 1. The number of nitrogens with zero attached hydrogens (tertiary/aromatic N) is 3. The van der Waals surface area contributed by atoms with E-state index in [2.05, 4.69) is 68.3 Å². The summed E-state index contributed by atoms with van der Waals surface area (Å²) in [5.74, 6) is 0.995. The van der Waals surface area contributed by atoms with Gasteiger partial charge in [-0.25, -0.2) is 0 Å². The summed E-state index contributed by atoms with van der Waals surface area (Å²) in [7, 11) is 0. The Morgan fingerprint density at radius 2 is 1.79 bits per heavy atom. The average molecular weight is 686 g/mol. The van der Waals surface area contributed by atoms with Gasteiger partial charge >= 0.3 is 0 Å². The van der Waals surface area contributed by atoms with Gasteiger partial charge in [0.2, 0.25) is 17.3 Å². The molecule has 11 heteroatoms. The van der Waals surface area contributed by atoms with Crippen molar-refractivity contribution in [3.8, 4) is 22.9 Å². The van der Waals surface area contributed by atoms with Crippen molar-refractivity contribution in [3.63, 3.8) is 0 Å². The molecule has 0 aliphatic carbocycles. The minimum atomic E-state index is -0.678. The molecule has 1 unspecified atom stereocenters. The summed E-state index contributed by atoms with van der Waals surface area (Å²) in [5, 5.41) is 23.8. The Morgan fingerprint density at radius 1 is 1.03 bits per heavy atom. The molecule has 0 radical (unpaired) electrons. The van der Waals surface area contributed by atoms with E-state index in [9.17, 15) is 5.11 Å². The van der Waals surface area contributed by atoms with Crippen LogP contribution in [0, 0.1) is 0 Å². The molecule has 4 aromatic rings. The van der Waals surface area contributed by atoms with Crippen molar-refractivity contribution in [2.75, 3.05) is 5.32 Å². The molecule has 172 valence electrons. The fourth-order valence-corrected chi connectivity index (χ4v) is 7.03. The van der Waals surface area contributed by atoms with Crippen LogP contribution in [0.1, 0.15) is 17.4 Å². The minimum Gasteiger partial charge on any atom is -0.506 e. The number of para-hydroxylation sites is 1. The minimum absolute atomic E-state index is 0.0677. The molecule has 34 heavy (non-hydrogen) atoms. The van der Waals surface area contributed by atoms with Crippen molar-refractivity contribution in [3.05, 3.63) is 84.2 Å². The van der Waals surface area contributed by atoms with Gasteiger partial charge in [-0.2, -0.15) is 4.98 Å². The smallest absolute Gasteiger partial charge is 0.247 e. The highest BCUT2D eigenvalue weighted by atomic mass is 79.9. The largest absolute Gasteiger partial charge is 0.506 e. The zero-order valence-corrected chi connectivity index (χ0v) is 23.4. The molecule has 0 saturated carbocycles. The first-order valence-corrected chi connectivity index (χ1v) is 13.7. The van der Waals surface area contributed by atoms with Crippen LogP contribution in [0.4, 0.5) is 5.69 Å². The van der Waals surface area contributed by atoms with Crippen molar-refractivity contribution >= 4 is 76.8 Å². The SMILES string of the molecule is Oc1c(Br)cc(Br)c(C2Nc3ccccc3-c3nnc(SCc4ccccc4Cl)nc3O2)c1Br. The maximum Gasteiger partial charge on any atom is 0.247 e. The first-order valence-electron chi connectivity index (χ1n) is 9.92. The van der Waals surface area contributed by atoms with Crippen molar-refractivity contribution in [2.24, 2.45) is 0 Å². The lowest BCUT2D eigenvalue weighted by Gasteiger charge is -2.22. The number of benzene rings is 3. The summed E-state index contributed by atoms with van der Waals surface area (Å²) < 4.78 is 8.12. The molecule has 6 nitrogen and oxygen atoms in total. The number of rotatable bonds is 4. The van der Waals surface area contributed by atoms with Gasteiger partial charge in [0, 0.05) is 32.1 Å². The predicted octanol–water partition coefficient (Wildman–Crippen LogP) is 7.98. The number of aromatic nitrogens is 3. The van der Waals surface area contributed by atoms with Crippen LogP contribution in [0.15, 0.2) is 73.2 Å². The topological polar surface area (TPSA) is 80.2 Å². The highest BCUT2D eigenvalue weighted by molar-refractivity contribution is 9.11. The zero-order chi connectivity index (χ0) is 23.8. The molecule has 1 atom stereocenters. The lowest BCUT2D eigenvalue weighted by atomic mass is 10.1. The molecule has 3 aromatic carbocycles. The quantitative estimate of drug-likeness (QED) is 0.211. The maximum atomic E-state index is 10.5. The summed E-state index contributed by atoms with van der Waals surface area (Å²) in [6, 6.07) is 17.1. The number of thioether (sulfide) groups is 1. The summed E-state index contributed by atoms with van der Waals surface area (Å²) in [5.41, 5.74) is 3.81. The highest BCUT2D eigenvalue weighted by Crippen LogP contribution is 2.46. The third kappa shape index (κ3) is 4.66. The van der Waals surface area contributed by atoms with Crippen LogP contribution >= 0.6 is 71.2 Å². The highest BCUT2D eigenvalue weighted by Gasteiger charge is 2.30. The maximum absolute atomic E-state index is 10.5. The van der Waals surface area contributed by atoms with Gasteiger partial charge in [0.1, 0.15) is 5.75 Å². The first-order chi connectivity index (χ1) is 16.4. The van der Waals surface area contributed by atoms with E-state index >= 15 is 0 Å². The molecule has 1 aliphatic rings. The average Bonchev–Trinajstić information content (AvgIpc) is 2.98. The van der Waals surface area contributed by atoms with Crippen LogP contribution < -0.4 is 10.1 Å². The van der Waals surface area contributed by atoms with E-state index in [1.165, 1.54) is 11.8 Å². The normalized spacial score (nSPS) is 14.4. The number of phenolic OH excluding ortho intramolecular Hbond substituents is 1. The van der Waals surface area contributed by atoms with Gasteiger partial charge in [-0.3, -0.25) is 0 Å². The Morgan fingerprint density at radius 3 is 2.62 bits per heavy atom. The molecule has 1 aromatic heterocycles. The van der Waals surface area contributed by atoms with Gasteiger partial charge in [0.25, 0.3) is 0 Å². The Kier molecular flexibility index (Phi) is 7.04. The zero-order valence-electron chi connectivity index (χ0n) is 17.1. The van der Waals surface area contributed by atoms with Gasteiger partial charge < -0.3 is 15.2 Å². The monoisotopic (exact) mass is 682 g/mol. The summed E-state index contributed by atoms with van der Waals surface area (Å²) in [4.78, 5) is 4.67. The van der Waals surface area contributed by atoms with Crippen LogP contribution in [0.2, 0.25) is 5.02 Å². The van der Waals surface area contributed by atoms with Crippen LogP contribution in [0.5, 0.6) is 11.6 Å². The van der Waals surface area contributed by atoms with Crippen LogP contribution in [0.25, 0.3) is 11.3 Å². The number of hydrogen-bond donors (Lipinski definition) is 2. The molecule has 0 spiro atoms. The van der Waals surface area contributed by atoms with Gasteiger partial charge in [0.15, 0.2) is 5.69 Å². The van der Waals surface area contributed by atoms with E-state index in [-0.39, 0.29) is 5.75 Å². The number of hydrogen-bond acceptors (Lipinski definition) is 7. The van der Waals surface area contributed by atoms with Crippen molar-refractivity contribution in [2.45, 2.75) is 17.1 Å². The van der Waals surface area contributed by atoms with E-state index in [1.807, 2.05) is 48.5 Å². The van der Waals surface area contributed by atoms with Crippen LogP contribution in [0.3, 0.4) is 0 Å². The Labute approximate surface area is 229 Å².